The smallest absolute Gasteiger partial charge is 0.338 e. The molecule has 2 aliphatic rings. The molecule has 140 valence electrons. The van der Waals surface area contributed by atoms with E-state index in [4.69, 9.17) is 14.9 Å². The maximum Gasteiger partial charge on any atom is 0.338 e. The number of fused-ring (bicyclic) bond motifs is 2. The Morgan fingerprint density at radius 3 is 2.64 bits per heavy atom. The van der Waals surface area contributed by atoms with Gasteiger partial charge in [-0.1, -0.05) is 6.07 Å². The second kappa shape index (κ2) is 6.74. The molecule has 4 rings (SSSR count). The Morgan fingerprint density at radius 1 is 1.07 bits per heavy atom. The van der Waals surface area contributed by atoms with Gasteiger partial charge in [0.15, 0.2) is 5.43 Å². The summed E-state index contributed by atoms with van der Waals surface area (Å²) in [4.78, 5) is 24.4. The largest absolute Gasteiger partial charge is 0.508 e. The molecule has 28 heavy (non-hydrogen) atoms. The number of benzene rings is 3. The predicted octanol–water partition coefficient (Wildman–Crippen LogP) is 4.03. The first-order valence-electron chi connectivity index (χ1n) is 8.74. The normalized spacial score (nSPS) is 11.0. The predicted molar refractivity (Wildman–Crippen MR) is 107 cm³/mol. The van der Waals surface area contributed by atoms with Gasteiger partial charge in [0.1, 0.15) is 17.1 Å². The minimum absolute atomic E-state index is 0.0303. The third kappa shape index (κ3) is 2.95. The zero-order valence-corrected chi connectivity index (χ0v) is 15.1. The highest BCUT2D eigenvalue weighted by atomic mass is 16.5. The van der Waals surface area contributed by atoms with Crippen molar-refractivity contribution in [3.63, 3.8) is 0 Å². The van der Waals surface area contributed by atoms with Crippen LogP contribution in [0.5, 0.6) is 5.75 Å². The molecule has 2 aromatic rings. The zero-order valence-electron chi connectivity index (χ0n) is 15.1. The lowest BCUT2D eigenvalue weighted by Crippen LogP contribution is -2.08. The van der Waals surface area contributed by atoms with Gasteiger partial charge in [0.2, 0.25) is 0 Å². The molecule has 0 radical (unpaired) electrons. The maximum atomic E-state index is 12.6. The number of hydrogen-bond acceptors (Lipinski definition) is 6. The fourth-order valence-corrected chi connectivity index (χ4v) is 3.31. The van der Waals surface area contributed by atoms with Crippen molar-refractivity contribution in [2.75, 3.05) is 12.3 Å². The second-order valence-corrected chi connectivity index (χ2v) is 6.34. The molecular formula is C22H17NO5. The molecule has 1 aliphatic carbocycles. The molecule has 3 N–H and O–H groups in total. The van der Waals surface area contributed by atoms with Crippen LogP contribution in [0.4, 0.5) is 5.69 Å². The number of rotatable bonds is 3. The average Bonchev–Trinajstić information content (AvgIpc) is 2.66. The summed E-state index contributed by atoms with van der Waals surface area (Å²) in [5, 5.41) is 10.5. The van der Waals surface area contributed by atoms with Crippen LogP contribution in [0.15, 0.2) is 63.8 Å². The number of hydrogen-bond donors (Lipinski definition) is 2. The number of anilines is 1. The van der Waals surface area contributed by atoms with Crippen molar-refractivity contribution < 1.29 is 19.1 Å². The second-order valence-electron chi connectivity index (χ2n) is 6.34. The van der Waals surface area contributed by atoms with E-state index in [-0.39, 0.29) is 17.8 Å². The van der Waals surface area contributed by atoms with Crippen molar-refractivity contribution in [2.45, 2.75) is 6.92 Å². The molecule has 0 unspecified atom stereocenters. The third-order valence-electron chi connectivity index (χ3n) is 4.49. The van der Waals surface area contributed by atoms with Crippen LogP contribution >= 0.6 is 0 Å². The van der Waals surface area contributed by atoms with Crippen LogP contribution in [-0.4, -0.2) is 17.7 Å². The summed E-state index contributed by atoms with van der Waals surface area (Å²) in [6, 6.07) is 14.2. The van der Waals surface area contributed by atoms with Gasteiger partial charge in [0.25, 0.3) is 0 Å². The lowest BCUT2D eigenvalue weighted by molar-refractivity contribution is 0.0527. The van der Waals surface area contributed by atoms with Crippen LogP contribution in [-0.2, 0) is 4.74 Å². The Hall–Kier alpha value is -3.80. The fourth-order valence-electron chi connectivity index (χ4n) is 3.31. The molecule has 2 aromatic carbocycles. The lowest BCUT2D eigenvalue weighted by Gasteiger charge is -2.17. The van der Waals surface area contributed by atoms with E-state index < -0.39 is 5.97 Å². The summed E-state index contributed by atoms with van der Waals surface area (Å²) in [7, 11) is 0. The van der Waals surface area contributed by atoms with E-state index in [1.54, 1.807) is 37.3 Å². The van der Waals surface area contributed by atoms with Crippen molar-refractivity contribution in [3.05, 3.63) is 70.4 Å². The molecule has 0 fully saturated rings. The number of nitrogen functional groups attached to an aromatic ring is 1. The number of carbonyl (C=O) groups is 1. The first-order chi connectivity index (χ1) is 13.5. The van der Waals surface area contributed by atoms with Gasteiger partial charge in [-0.15, -0.1) is 0 Å². The quantitative estimate of drug-likeness (QED) is 0.318. The van der Waals surface area contributed by atoms with E-state index in [1.165, 1.54) is 24.3 Å². The number of esters is 1. The monoisotopic (exact) mass is 375 g/mol. The first kappa shape index (κ1) is 17.6. The minimum atomic E-state index is -0.494. The van der Waals surface area contributed by atoms with Gasteiger partial charge in [-0.3, -0.25) is 4.79 Å². The van der Waals surface area contributed by atoms with Crippen molar-refractivity contribution in [1.29, 1.82) is 0 Å². The van der Waals surface area contributed by atoms with E-state index in [9.17, 15) is 14.7 Å². The van der Waals surface area contributed by atoms with E-state index in [0.717, 1.165) is 0 Å². The molecule has 6 nitrogen and oxygen atoms in total. The molecular weight excluding hydrogens is 358 g/mol. The molecule has 1 heterocycles. The molecule has 0 amide bonds. The zero-order chi connectivity index (χ0) is 19.8. The number of carbonyl (C=O) groups excluding carboxylic acids is 1. The van der Waals surface area contributed by atoms with Gasteiger partial charge in [-0.05, 0) is 48.9 Å². The molecule has 1 aliphatic heterocycles. The Kier molecular flexibility index (Phi) is 4.24. The van der Waals surface area contributed by atoms with Crippen LogP contribution in [0, 0.1) is 0 Å². The summed E-state index contributed by atoms with van der Waals surface area (Å²) >= 11 is 0. The standard InChI is InChI=1S/C22H17NO5/c1-2-27-22(26)18-9-12(23)3-6-15(18)21-16-7-4-13(24)10-19(16)28-20-11-14(25)5-8-17(20)21/h3-11,24H,2,23H2,1H3. The SMILES string of the molecule is CCOC(=O)c1cc(N)ccc1-c1c2ccc(=O)cc-2oc2cc(O)ccc12. The van der Waals surface area contributed by atoms with Crippen LogP contribution in [0.2, 0.25) is 0 Å². The van der Waals surface area contributed by atoms with Gasteiger partial charge in [0, 0.05) is 34.3 Å². The Balaban J connectivity index is 2.14. The lowest BCUT2D eigenvalue weighted by atomic mass is 9.90. The number of ether oxygens (including phenoxy) is 1. The van der Waals surface area contributed by atoms with Crippen molar-refractivity contribution in [3.8, 4) is 28.2 Å². The third-order valence-corrected chi connectivity index (χ3v) is 4.49. The Labute approximate surface area is 160 Å². The topological polar surface area (TPSA) is 103 Å². The summed E-state index contributed by atoms with van der Waals surface area (Å²) in [6.07, 6.45) is 0. The first-order valence-corrected chi connectivity index (χ1v) is 8.74. The Bertz CT molecular complexity index is 1240. The summed E-state index contributed by atoms with van der Waals surface area (Å²) in [5.74, 6) is -0.110. The van der Waals surface area contributed by atoms with E-state index >= 15 is 0 Å². The van der Waals surface area contributed by atoms with Gasteiger partial charge in [-0.25, -0.2) is 4.79 Å². The van der Waals surface area contributed by atoms with Crippen LogP contribution in [0.1, 0.15) is 17.3 Å². The van der Waals surface area contributed by atoms with Crippen molar-refractivity contribution >= 4 is 22.6 Å². The summed E-state index contributed by atoms with van der Waals surface area (Å²) in [5.41, 5.74) is 8.79. The van der Waals surface area contributed by atoms with Gasteiger partial charge in [0.05, 0.1) is 12.2 Å². The molecule has 0 aromatic heterocycles. The summed E-state index contributed by atoms with van der Waals surface area (Å²) < 4.78 is 11.0. The molecule has 0 atom stereocenters. The molecule has 0 saturated heterocycles. The molecule has 0 saturated carbocycles. The Morgan fingerprint density at radius 2 is 1.86 bits per heavy atom. The van der Waals surface area contributed by atoms with Crippen molar-refractivity contribution in [2.24, 2.45) is 0 Å². The van der Waals surface area contributed by atoms with E-state index in [1.807, 2.05) is 0 Å². The summed E-state index contributed by atoms with van der Waals surface area (Å²) in [6.45, 7) is 1.96. The average molecular weight is 375 g/mol. The van der Waals surface area contributed by atoms with Gasteiger partial charge in [-0.2, -0.15) is 0 Å². The van der Waals surface area contributed by atoms with Gasteiger partial charge >= 0.3 is 5.97 Å². The van der Waals surface area contributed by atoms with Crippen LogP contribution < -0.4 is 11.2 Å². The van der Waals surface area contributed by atoms with E-state index in [0.29, 0.717) is 44.7 Å². The maximum absolute atomic E-state index is 12.6. The van der Waals surface area contributed by atoms with E-state index in [2.05, 4.69) is 0 Å². The minimum Gasteiger partial charge on any atom is -0.508 e. The molecule has 0 bridgehead atoms. The molecule has 0 spiro atoms. The van der Waals surface area contributed by atoms with Crippen LogP contribution in [0.25, 0.3) is 33.4 Å². The number of nitrogens with two attached hydrogens (primary N) is 1. The van der Waals surface area contributed by atoms with Gasteiger partial charge < -0.3 is 20.0 Å². The number of aromatic hydroxyl groups is 1. The molecule has 6 heteroatoms. The highest BCUT2D eigenvalue weighted by Crippen LogP contribution is 2.42. The van der Waals surface area contributed by atoms with Crippen LogP contribution in [0.3, 0.4) is 0 Å². The highest BCUT2D eigenvalue weighted by molar-refractivity contribution is 6.08. The van der Waals surface area contributed by atoms with Crippen molar-refractivity contribution in [1.82, 2.24) is 0 Å². The number of phenols is 1. The fraction of sp³-hybridized carbons (Fsp3) is 0.0909. The highest BCUT2D eigenvalue weighted by Gasteiger charge is 2.22. The number of phenolic OH excluding ortho intramolecular Hbond substituents is 1.